The van der Waals surface area contributed by atoms with E-state index in [-0.39, 0.29) is 5.91 Å². The lowest BCUT2D eigenvalue weighted by molar-refractivity contribution is -0.129. The van der Waals surface area contributed by atoms with Crippen molar-refractivity contribution in [2.24, 2.45) is 11.8 Å². The summed E-state index contributed by atoms with van der Waals surface area (Å²) < 4.78 is 0. The number of amides is 1. The van der Waals surface area contributed by atoms with Crippen LogP contribution in [0.3, 0.4) is 0 Å². The van der Waals surface area contributed by atoms with Crippen LogP contribution in [-0.4, -0.2) is 37.0 Å². The van der Waals surface area contributed by atoms with E-state index in [1.165, 1.54) is 12.8 Å². The first-order chi connectivity index (χ1) is 7.19. The summed E-state index contributed by atoms with van der Waals surface area (Å²) in [5.74, 6) is 1.87. The van der Waals surface area contributed by atoms with Gasteiger partial charge in [-0.2, -0.15) is 0 Å². The average molecular weight is 212 g/mol. The van der Waals surface area contributed by atoms with Crippen molar-refractivity contribution >= 4 is 5.91 Å². The van der Waals surface area contributed by atoms with E-state index in [9.17, 15) is 4.79 Å². The van der Waals surface area contributed by atoms with Gasteiger partial charge in [-0.1, -0.05) is 6.92 Å². The molecule has 0 spiro atoms. The third-order valence-corrected chi connectivity index (χ3v) is 3.29. The Morgan fingerprint density at radius 3 is 2.47 bits per heavy atom. The van der Waals surface area contributed by atoms with E-state index < -0.39 is 0 Å². The maximum Gasteiger partial charge on any atom is 0.236 e. The van der Waals surface area contributed by atoms with Crippen LogP contribution in [-0.2, 0) is 4.79 Å². The highest BCUT2D eigenvalue weighted by atomic mass is 16.2. The number of hydrogen-bond acceptors (Lipinski definition) is 2. The van der Waals surface area contributed by atoms with Gasteiger partial charge in [0.25, 0.3) is 0 Å². The Balaban J connectivity index is 2.10. The number of carbonyl (C=O) groups is 1. The monoisotopic (exact) mass is 212 g/mol. The Hall–Kier alpha value is -0.570. The Morgan fingerprint density at radius 1 is 1.40 bits per heavy atom. The molecule has 0 heterocycles. The topological polar surface area (TPSA) is 32.3 Å². The molecular weight excluding hydrogens is 188 g/mol. The van der Waals surface area contributed by atoms with Crippen molar-refractivity contribution in [2.45, 2.75) is 33.6 Å². The van der Waals surface area contributed by atoms with Crippen LogP contribution in [0.15, 0.2) is 0 Å². The molecular formula is C12H24N2O. The Morgan fingerprint density at radius 2 is 2.00 bits per heavy atom. The fourth-order valence-electron chi connectivity index (χ4n) is 1.93. The van der Waals surface area contributed by atoms with Crippen LogP contribution in [0.5, 0.6) is 0 Å². The molecule has 1 amide bonds. The molecule has 1 aliphatic rings. The molecule has 1 atom stereocenters. The molecule has 0 aromatic carbocycles. The summed E-state index contributed by atoms with van der Waals surface area (Å²) in [4.78, 5) is 13.5. The second kappa shape index (κ2) is 6.11. The molecule has 1 rings (SSSR count). The predicted octanol–water partition coefficient (Wildman–Crippen LogP) is 1.49. The van der Waals surface area contributed by atoms with E-state index in [4.69, 9.17) is 0 Å². The number of rotatable bonds is 7. The van der Waals surface area contributed by atoms with Gasteiger partial charge in [-0.05, 0) is 45.1 Å². The van der Waals surface area contributed by atoms with E-state index in [2.05, 4.69) is 12.2 Å². The maximum atomic E-state index is 11.6. The Labute approximate surface area is 93.2 Å². The molecule has 0 aliphatic heterocycles. The van der Waals surface area contributed by atoms with E-state index in [1.54, 1.807) is 0 Å². The maximum absolute atomic E-state index is 11.6. The van der Waals surface area contributed by atoms with Gasteiger partial charge in [-0.3, -0.25) is 4.79 Å². The lowest BCUT2D eigenvalue weighted by Crippen LogP contribution is -2.39. The van der Waals surface area contributed by atoms with Crippen LogP contribution in [0.2, 0.25) is 0 Å². The van der Waals surface area contributed by atoms with Gasteiger partial charge in [0, 0.05) is 13.1 Å². The van der Waals surface area contributed by atoms with E-state index in [0.29, 0.717) is 6.54 Å². The molecule has 0 bridgehead atoms. The summed E-state index contributed by atoms with van der Waals surface area (Å²) in [6.45, 7) is 9.43. The van der Waals surface area contributed by atoms with Gasteiger partial charge in [0.15, 0.2) is 0 Å². The van der Waals surface area contributed by atoms with Crippen molar-refractivity contribution in [2.75, 3.05) is 26.2 Å². The molecule has 0 saturated heterocycles. The molecule has 1 N–H and O–H groups in total. The van der Waals surface area contributed by atoms with E-state index in [1.807, 2.05) is 18.7 Å². The fourth-order valence-corrected chi connectivity index (χ4v) is 1.93. The quantitative estimate of drug-likeness (QED) is 0.693. The first-order valence-electron chi connectivity index (χ1n) is 6.17. The first kappa shape index (κ1) is 12.5. The number of hydrogen-bond donors (Lipinski definition) is 1. The van der Waals surface area contributed by atoms with Gasteiger partial charge >= 0.3 is 0 Å². The van der Waals surface area contributed by atoms with Crippen molar-refractivity contribution in [3.63, 3.8) is 0 Å². The molecule has 0 radical (unpaired) electrons. The summed E-state index contributed by atoms with van der Waals surface area (Å²) in [6, 6.07) is 0. The van der Waals surface area contributed by atoms with Crippen molar-refractivity contribution in [3.8, 4) is 0 Å². The molecule has 1 unspecified atom stereocenters. The SMILES string of the molecule is CCN(CC)C(=O)CNCC(C)C1CC1. The molecule has 3 heteroatoms. The van der Waals surface area contributed by atoms with Crippen molar-refractivity contribution in [1.29, 1.82) is 0 Å². The summed E-state index contributed by atoms with van der Waals surface area (Å²) in [5.41, 5.74) is 0. The molecule has 0 aromatic heterocycles. The summed E-state index contributed by atoms with van der Waals surface area (Å²) in [6.07, 6.45) is 2.76. The largest absolute Gasteiger partial charge is 0.342 e. The average Bonchev–Trinajstić information content (AvgIpc) is 3.02. The highest BCUT2D eigenvalue weighted by Crippen LogP contribution is 2.35. The minimum absolute atomic E-state index is 0.225. The third-order valence-electron chi connectivity index (χ3n) is 3.29. The number of nitrogens with zero attached hydrogens (tertiary/aromatic N) is 1. The second-order valence-corrected chi connectivity index (χ2v) is 4.51. The zero-order chi connectivity index (χ0) is 11.3. The van der Waals surface area contributed by atoms with Crippen molar-refractivity contribution in [3.05, 3.63) is 0 Å². The molecule has 88 valence electrons. The molecule has 1 aliphatic carbocycles. The van der Waals surface area contributed by atoms with Crippen LogP contribution in [0.4, 0.5) is 0 Å². The molecule has 1 fully saturated rings. The van der Waals surface area contributed by atoms with Gasteiger partial charge in [-0.25, -0.2) is 0 Å². The molecule has 0 aromatic rings. The molecule has 15 heavy (non-hydrogen) atoms. The summed E-state index contributed by atoms with van der Waals surface area (Å²) in [5, 5.41) is 3.26. The number of nitrogens with one attached hydrogen (secondary N) is 1. The van der Waals surface area contributed by atoms with E-state index >= 15 is 0 Å². The van der Waals surface area contributed by atoms with Crippen LogP contribution in [0.1, 0.15) is 33.6 Å². The number of likely N-dealkylation sites (N-methyl/N-ethyl adjacent to an activating group) is 1. The number of carbonyl (C=O) groups excluding carboxylic acids is 1. The predicted molar refractivity (Wildman–Crippen MR) is 62.7 cm³/mol. The van der Waals surface area contributed by atoms with Gasteiger partial charge in [0.1, 0.15) is 0 Å². The third kappa shape index (κ3) is 4.20. The van der Waals surface area contributed by atoms with Crippen LogP contribution in [0, 0.1) is 11.8 Å². The fraction of sp³-hybridized carbons (Fsp3) is 0.917. The highest BCUT2D eigenvalue weighted by molar-refractivity contribution is 5.78. The Kier molecular flexibility index (Phi) is 5.09. The standard InChI is InChI=1S/C12H24N2O/c1-4-14(5-2)12(15)9-13-8-10(3)11-6-7-11/h10-11,13H,4-9H2,1-3H3. The van der Waals surface area contributed by atoms with Crippen LogP contribution in [0.25, 0.3) is 0 Å². The lowest BCUT2D eigenvalue weighted by atomic mass is 10.1. The van der Waals surface area contributed by atoms with Gasteiger partial charge in [-0.15, -0.1) is 0 Å². The summed E-state index contributed by atoms with van der Waals surface area (Å²) in [7, 11) is 0. The molecule has 3 nitrogen and oxygen atoms in total. The lowest BCUT2D eigenvalue weighted by Gasteiger charge is -2.19. The Bertz CT molecular complexity index is 198. The van der Waals surface area contributed by atoms with Crippen LogP contribution >= 0.6 is 0 Å². The minimum atomic E-state index is 0.225. The highest BCUT2D eigenvalue weighted by Gasteiger charge is 2.27. The minimum Gasteiger partial charge on any atom is -0.342 e. The van der Waals surface area contributed by atoms with Gasteiger partial charge in [0.2, 0.25) is 5.91 Å². The first-order valence-corrected chi connectivity index (χ1v) is 6.17. The summed E-state index contributed by atoms with van der Waals surface area (Å²) >= 11 is 0. The van der Waals surface area contributed by atoms with Crippen molar-refractivity contribution in [1.82, 2.24) is 10.2 Å². The van der Waals surface area contributed by atoms with Crippen molar-refractivity contribution < 1.29 is 4.79 Å². The zero-order valence-electron chi connectivity index (χ0n) is 10.3. The van der Waals surface area contributed by atoms with Crippen LogP contribution < -0.4 is 5.32 Å². The molecule has 1 saturated carbocycles. The second-order valence-electron chi connectivity index (χ2n) is 4.51. The van der Waals surface area contributed by atoms with E-state index in [0.717, 1.165) is 31.5 Å². The normalized spacial score (nSPS) is 17.5. The van der Waals surface area contributed by atoms with Gasteiger partial charge in [0.05, 0.1) is 6.54 Å². The zero-order valence-corrected chi connectivity index (χ0v) is 10.3. The van der Waals surface area contributed by atoms with Gasteiger partial charge < -0.3 is 10.2 Å². The smallest absolute Gasteiger partial charge is 0.236 e.